The summed E-state index contributed by atoms with van der Waals surface area (Å²) in [4.78, 5) is 0. The fraction of sp³-hybridized carbons (Fsp3) is 0.846. The van der Waals surface area contributed by atoms with E-state index in [1.54, 1.807) is 0 Å². The third kappa shape index (κ3) is 7.37. The quantitative estimate of drug-likeness (QED) is 0.807. The maximum atomic E-state index is 6.75. The summed E-state index contributed by atoms with van der Waals surface area (Å²) in [6.45, 7) is 11.3. The molecule has 0 amide bonds. The smallest absolute Gasteiger partial charge is 0.0539 e. The molecule has 1 rings (SSSR count). The molecule has 2 nitrogen and oxygen atoms in total. The molecule has 95 valence electrons. The van der Waals surface area contributed by atoms with Gasteiger partial charge in [0.1, 0.15) is 0 Å². The normalized spacial score (nSPS) is 24.8. The van der Waals surface area contributed by atoms with E-state index in [0.29, 0.717) is 18.1 Å². The molecule has 1 fully saturated rings. The van der Waals surface area contributed by atoms with E-state index in [1.165, 1.54) is 25.7 Å². The van der Waals surface area contributed by atoms with Crippen LogP contribution in [0.15, 0.2) is 0 Å². The summed E-state index contributed by atoms with van der Waals surface area (Å²) in [5.41, 5.74) is 0.529. The predicted molar refractivity (Wildman–Crippen MR) is 63.8 cm³/mol. The average Bonchev–Trinajstić information content (AvgIpc) is 2.20. The number of aliphatic hydroxyl groups is 1. The van der Waals surface area contributed by atoms with Crippen LogP contribution in [0.3, 0.4) is 0 Å². The standard InChI is InChI=1S/C12H23O.CH3O.Y/c1-5-13-10(2)11-7-6-8-12(3,4)9-11;1-2;/h10-11H,1,5-9H2,2-4H3;2H,1H2;/q2*-1;. The summed E-state index contributed by atoms with van der Waals surface area (Å²) >= 11 is 0. The van der Waals surface area contributed by atoms with E-state index in [4.69, 9.17) is 9.84 Å². The molecule has 1 radical (unpaired) electrons. The van der Waals surface area contributed by atoms with Crippen LogP contribution in [-0.2, 0) is 37.4 Å². The van der Waals surface area contributed by atoms with Crippen LogP contribution in [0.4, 0.5) is 0 Å². The zero-order chi connectivity index (χ0) is 11.9. The third-order valence-electron chi connectivity index (χ3n) is 3.29. The Hall–Kier alpha value is 1.02. The molecule has 1 aliphatic carbocycles. The van der Waals surface area contributed by atoms with Crippen molar-refractivity contribution >= 4 is 0 Å². The number of hydrogen-bond donors (Lipinski definition) is 1. The Morgan fingerprint density at radius 3 is 2.44 bits per heavy atom. The Labute approximate surface area is 126 Å². The Bertz CT molecular complexity index is 160. The molecule has 1 saturated carbocycles. The van der Waals surface area contributed by atoms with Gasteiger partial charge in [-0.05, 0) is 37.5 Å². The minimum absolute atomic E-state index is 0. The van der Waals surface area contributed by atoms with Crippen molar-refractivity contribution < 1.29 is 42.6 Å². The van der Waals surface area contributed by atoms with E-state index in [0.717, 1.165) is 5.92 Å². The molecule has 0 aromatic rings. The topological polar surface area (TPSA) is 29.5 Å². The first kappa shape index (κ1) is 19.4. The maximum absolute atomic E-state index is 6.75. The largest absolute Gasteiger partial charge is 0.569 e. The van der Waals surface area contributed by atoms with E-state index in [-0.39, 0.29) is 32.7 Å². The molecule has 0 bridgehead atoms. The second kappa shape index (κ2) is 9.99. The van der Waals surface area contributed by atoms with E-state index in [9.17, 15) is 0 Å². The molecule has 0 heterocycles. The number of hydrogen-bond acceptors (Lipinski definition) is 2. The van der Waals surface area contributed by atoms with E-state index in [1.807, 2.05) is 0 Å². The molecule has 2 atom stereocenters. The van der Waals surface area contributed by atoms with Gasteiger partial charge in [-0.25, -0.2) is 7.11 Å². The van der Waals surface area contributed by atoms with Crippen LogP contribution in [0.25, 0.3) is 0 Å². The minimum atomic E-state index is 0. The van der Waals surface area contributed by atoms with Crippen LogP contribution in [0, 0.1) is 25.4 Å². The molecular weight excluding hydrogens is 277 g/mol. The van der Waals surface area contributed by atoms with Crippen LogP contribution >= 0.6 is 0 Å². The van der Waals surface area contributed by atoms with E-state index >= 15 is 0 Å². The van der Waals surface area contributed by atoms with Crippen molar-refractivity contribution in [1.29, 1.82) is 0 Å². The zero-order valence-electron chi connectivity index (χ0n) is 11.0. The van der Waals surface area contributed by atoms with Crippen molar-refractivity contribution in [2.45, 2.75) is 52.6 Å². The van der Waals surface area contributed by atoms with Gasteiger partial charge in [-0.1, -0.05) is 26.9 Å². The van der Waals surface area contributed by atoms with Gasteiger partial charge in [0.25, 0.3) is 0 Å². The fourth-order valence-corrected chi connectivity index (χ4v) is 2.48. The van der Waals surface area contributed by atoms with Gasteiger partial charge in [0.05, 0.1) is 6.10 Å². The number of aliphatic hydroxyl groups excluding tert-OH is 1. The first-order valence-corrected chi connectivity index (χ1v) is 5.77. The fourth-order valence-electron chi connectivity index (χ4n) is 2.48. The Balaban J connectivity index is 0. The first-order valence-electron chi connectivity index (χ1n) is 5.77. The molecule has 1 N–H and O–H groups in total. The summed E-state index contributed by atoms with van der Waals surface area (Å²) in [5.74, 6) is 0.755. The van der Waals surface area contributed by atoms with Gasteiger partial charge >= 0.3 is 0 Å². The Morgan fingerprint density at radius 2 is 2.00 bits per heavy atom. The molecular formula is C13H26O2Y-2. The van der Waals surface area contributed by atoms with Crippen molar-refractivity contribution in [3.8, 4) is 0 Å². The summed E-state index contributed by atoms with van der Waals surface area (Å²) in [5, 5.41) is 6.75. The summed E-state index contributed by atoms with van der Waals surface area (Å²) in [6, 6.07) is 0. The van der Waals surface area contributed by atoms with Gasteiger partial charge in [0.2, 0.25) is 0 Å². The Kier molecular flexibility index (Phi) is 12.1. The van der Waals surface area contributed by atoms with E-state index in [2.05, 4.69) is 34.8 Å². The van der Waals surface area contributed by atoms with Gasteiger partial charge < -0.3 is 16.8 Å². The predicted octanol–water partition coefficient (Wildman–Crippen LogP) is 3.59. The summed E-state index contributed by atoms with van der Waals surface area (Å²) < 4.78 is 5.56. The zero-order valence-corrected chi connectivity index (χ0v) is 13.9. The van der Waals surface area contributed by atoms with Crippen LogP contribution in [0.5, 0.6) is 0 Å². The van der Waals surface area contributed by atoms with Crippen molar-refractivity contribution in [2.75, 3.05) is 6.61 Å². The van der Waals surface area contributed by atoms with Gasteiger partial charge in [0.15, 0.2) is 0 Å². The molecule has 0 aromatic carbocycles. The van der Waals surface area contributed by atoms with Gasteiger partial charge in [-0.15, -0.1) is 0 Å². The van der Waals surface area contributed by atoms with E-state index < -0.39 is 0 Å². The van der Waals surface area contributed by atoms with Gasteiger partial charge in [0, 0.05) is 32.7 Å². The van der Waals surface area contributed by atoms with Crippen LogP contribution < -0.4 is 0 Å². The molecule has 0 aromatic heterocycles. The molecule has 0 saturated heterocycles. The molecule has 0 aliphatic heterocycles. The summed E-state index contributed by atoms with van der Waals surface area (Å²) in [7, 11) is 2.25. The van der Waals surface area contributed by atoms with Crippen molar-refractivity contribution in [3.05, 3.63) is 14.0 Å². The summed E-state index contributed by atoms with van der Waals surface area (Å²) in [6.07, 6.45) is 5.79. The Morgan fingerprint density at radius 1 is 1.44 bits per heavy atom. The SMILES string of the molecule is [CH2-]COC(C)C1CCCC(C)(C)C1.[CH2-]O.[Y]. The molecule has 3 heteroatoms. The second-order valence-electron chi connectivity index (χ2n) is 5.10. The van der Waals surface area contributed by atoms with Crippen LogP contribution in [0.1, 0.15) is 46.5 Å². The number of ether oxygens (including phenoxy) is 1. The molecule has 16 heavy (non-hydrogen) atoms. The average molecular weight is 303 g/mol. The second-order valence-corrected chi connectivity index (χ2v) is 5.10. The van der Waals surface area contributed by atoms with Crippen molar-refractivity contribution in [1.82, 2.24) is 0 Å². The number of rotatable bonds is 3. The van der Waals surface area contributed by atoms with Gasteiger partial charge in [-0.3, -0.25) is 0 Å². The molecule has 2 unspecified atom stereocenters. The van der Waals surface area contributed by atoms with Crippen LogP contribution in [0.2, 0.25) is 0 Å². The molecule has 1 aliphatic rings. The first-order chi connectivity index (χ1) is 7.05. The van der Waals surface area contributed by atoms with Gasteiger partial charge in [-0.2, -0.15) is 0 Å². The minimum Gasteiger partial charge on any atom is -0.569 e. The third-order valence-corrected chi connectivity index (χ3v) is 3.29. The molecule has 0 spiro atoms. The van der Waals surface area contributed by atoms with Crippen LogP contribution in [-0.4, -0.2) is 17.8 Å². The van der Waals surface area contributed by atoms with Crippen molar-refractivity contribution in [2.24, 2.45) is 11.3 Å². The van der Waals surface area contributed by atoms with Crippen molar-refractivity contribution in [3.63, 3.8) is 0 Å². The maximum Gasteiger partial charge on any atom is 0.0539 e. The monoisotopic (exact) mass is 303 g/mol.